The highest BCUT2D eigenvalue weighted by molar-refractivity contribution is 7.24. The zero-order valence-corrected chi connectivity index (χ0v) is 13.8. The highest BCUT2D eigenvalue weighted by Gasteiger charge is 2.13. The van der Waals surface area contributed by atoms with Crippen molar-refractivity contribution in [2.45, 2.75) is 6.54 Å². The molecule has 110 valence electrons. The van der Waals surface area contributed by atoms with Crippen LogP contribution in [0.25, 0.3) is 20.2 Å². The first-order valence-corrected chi connectivity index (χ1v) is 9.11. The maximum absolute atomic E-state index is 6.03. The topological polar surface area (TPSA) is 76.7 Å². The molecule has 3 N–H and O–H groups in total. The standard InChI is InChI=1S/C14H11N5S3/c15-11-10-13(22-12(17-10)9-4-2-6-21-9)19-14(18-11)16-7-8-3-1-5-20-8/h1-6H,7H2,(H3,15,16,18,19). The Bertz CT molecular complexity index is 896. The summed E-state index contributed by atoms with van der Waals surface area (Å²) >= 11 is 4.89. The van der Waals surface area contributed by atoms with Gasteiger partial charge in [0.1, 0.15) is 10.5 Å². The molecule has 4 aromatic heterocycles. The Morgan fingerprint density at radius 2 is 1.91 bits per heavy atom. The van der Waals surface area contributed by atoms with Crippen LogP contribution in [0.15, 0.2) is 35.0 Å². The SMILES string of the molecule is Nc1nc(NCc2cccs2)nc2sc(-c3cccs3)nc12. The lowest BCUT2D eigenvalue weighted by molar-refractivity contribution is 1.10. The molecule has 22 heavy (non-hydrogen) atoms. The number of nitrogens with one attached hydrogen (secondary N) is 1. The third-order valence-electron chi connectivity index (χ3n) is 3.02. The number of nitrogens with zero attached hydrogens (tertiary/aromatic N) is 3. The minimum atomic E-state index is 0.415. The Morgan fingerprint density at radius 3 is 2.68 bits per heavy atom. The molecule has 4 rings (SSSR count). The minimum Gasteiger partial charge on any atom is -0.382 e. The van der Waals surface area contributed by atoms with E-state index in [1.54, 1.807) is 22.7 Å². The predicted molar refractivity (Wildman–Crippen MR) is 94.6 cm³/mol. The molecule has 0 spiro atoms. The second kappa shape index (κ2) is 5.64. The van der Waals surface area contributed by atoms with Crippen LogP contribution in [0, 0.1) is 0 Å². The quantitative estimate of drug-likeness (QED) is 0.583. The van der Waals surface area contributed by atoms with Gasteiger partial charge in [0.25, 0.3) is 0 Å². The van der Waals surface area contributed by atoms with Crippen LogP contribution in [-0.4, -0.2) is 15.0 Å². The molecule has 0 saturated heterocycles. The van der Waals surface area contributed by atoms with Gasteiger partial charge < -0.3 is 11.1 Å². The molecular formula is C14H11N5S3. The van der Waals surface area contributed by atoms with Gasteiger partial charge in [0.15, 0.2) is 10.6 Å². The molecule has 0 aromatic carbocycles. The average Bonchev–Trinajstić information content (AvgIpc) is 3.25. The number of hydrogen-bond acceptors (Lipinski definition) is 8. The van der Waals surface area contributed by atoms with Crippen molar-refractivity contribution in [2.75, 3.05) is 11.1 Å². The largest absolute Gasteiger partial charge is 0.382 e. The molecular weight excluding hydrogens is 334 g/mol. The Hall–Kier alpha value is -2.03. The van der Waals surface area contributed by atoms with E-state index in [1.807, 2.05) is 29.0 Å². The number of thiophene rings is 2. The van der Waals surface area contributed by atoms with Crippen molar-refractivity contribution < 1.29 is 0 Å². The highest BCUT2D eigenvalue weighted by Crippen LogP contribution is 2.33. The van der Waals surface area contributed by atoms with E-state index in [0.717, 1.165) is 14.7 Å². The van der Waals surface area contributed by atoms with Crippen molar-refractivity contribution in [3.8, 4) is 9.88 Å². The van der Waals surface area contributed by atoms with Crippen LogP contribution >= 0.6 is 34.0 Å². The van der Waals surface area contributed by atoms with Gasteiger partial charge in [-0.1, -0.05) is 23.5 Å². The van der Waals surface area contributed by atoms with Gasteiger partial charge in [0.05, 0.1) is 11.4 Å². The second-order valence-electron chi connectivity index (χ2n) is 4.52. The van der Waals surface area contributed by atoms with Gasteiger partial charge in [-0.2, -0.15) is 4.98 Å². The monoisotopic (exact) mass is 345 g/mol. The summed E-state index contributed by atoms with van der Waals surface area (Å²) < 4.78 is 0. The summed E-state index contributed by atoms with van der Waals surface area (Å²) in [7, 11) is 0. The molecule has 0 unspecified atom stereocenters. The molecule has 0 aliphatic heterocycles. The molecule has 0 bridgehead atoms. The number of hydrogen-bond donors (Lipinski definition) is 2. The molecule has 0 amide bonds. The summed E-state index contributed by atoms with van der Waals surface area (Å²) in [6.45, 7) is 0.694. The first-order chi connectivity index (χ1) is 10.8. The first-order valence-electron chi connectivity index (χ1n) is 6.54. The average molecular weight is 345 g/mol. The molecule has 0 fully saturated rings. The number of nitrogens with two attached hydrogens (primary N) is 1. The van der Waals surface area contributed by atoms with Crippen molar-refractivity contribution in [1.82, 2.24) is 15.0 Å². The van der Waals surface area contributed by atoms with Crippen molar-refractivity contribution in [2.24, 2.45) is 0 Å². The lowest BCUT2D eigenvalue weighted by Crippen LogP contribution is -2.04. The van der Waals surface area contributed by atoms with Gasteiger partial charge in [0.2, 0.25) is 5.95 Å². The van der Waals surface area contributed by atoms with Gasteiger partial charge in [0, 0.05) is 4.88 Å². The number of thiazole rings is 1. The van der Waals surface area contributed by atoms with Gasteiger partial charge in [-0.3, -0.25) is 0 Å². The van der Waals surface area contributed by atoms with Crippen LogP contribution in [0.3, 0.4) is 0 Å². The number of nitrogen functional groups attached to an aromatic ring is 1. The first kappa shape index (κ1) is 13.6. The van der Waals surface area contributed by atoms with Crippen LogP contribution in [0.5, 0.6) is 0 Å². The zero-order chi connectivity index (χ0) is 14.9. The van der Waals surface area contributed by atoms with Crippen molar-refractivity contribution in [3.05, 3.63) is 39.9 Å². The number of anilines is 2. The summed E-state index contributed by atoms with van der Waals surface area (Å²) in [5, 5.41) is 8.23. The zero-order valence-electron chi connectivity index (χ0n) is 11.3. The van der Waals surface area contributed by atoms with E-state index in [0.29, 0.717) is 23.8 Å². The van der Waals surface area contributed by atoms with Crippen molar-refractivity contribution in [3.63, 3.8) is 0 Å². The van der Waals surface area contributed by atoms with Crippen molar-refractivity contribution in [1.29, 1.82) is 0 Å². The fourth-order valence-electron chi connectivity index (χ4n) is 2.01. The maximum atomic E-state index is 6.03. The van der Waals surface area contributed by atoms with E-state index < -0.39 is 0 Å². The Labute approximate surface area is 138 Å². The molecule has 0 saturated carbocycles. The van der Waals surface area contributed by atoms with Crippen LogP contribution in [0.4, 0.5) is 11.8 Å². The van der Waals surface area contributed by atoms with Gasteiger partial charge in [-0.25, -0.2) is 9.97 Å². The van der Waals surface area contributed by atoms with E-state index in [2.05, 4.69) is 26.3 Å². The number of rotatable bonds is 4. The Morgan fingerprint density at radius 1 is 1.05 bits per heavy atom. The van der Waals surface area contributed by atoms with Crippen LogP contribution in [0.2, 0.25) is 0 Å². The highest BCUT2D eigenvalue weighted by atomic mass is 32.1. The lowest BCUT2D eigenvalue weighted by atomic mass is 10.4. The predicted octanol–water partition coefficient (Wildman–Crippen LogP) is 4.07. The summed E-state index contributed by atoms with van der Waals surface area (Å²) in [4.78, 5) is 16.5. The number of fused-ring (bicyclic) bond motifs is 1. The van der Waals surface area contributed by atoms with Gasteiger partial charge in [-0.05, 0) is 22.9 Å². The van der Waals surface area contributed by atoms with E-state index in [4.69, 9.17) is 5.73 Å². The smallest absolute Gasteiger partial charge is 0.226 e. The van der Waals surface area contributed by atoms with Crippen molar-refractivity contribution >= 4 is 56.1 Å². The minimum absolute atomic E-state index is 0.415. The molecule has 4 heterocycles. The Kier molecular flexibility index (Phi) is 3.49. The van der Waals surface area contributed by atoms with Crippen LogP contribution < -0.4 is 11.1 Å². The van der Waals surface area contributed by atoms with Gasteiger partial charge in [-0.15, -0.1) is 22.7 Å². The molecule has 5 nitrogen and oxygen atoms in total. The summed E-state index contributed by atoms with van der Waals surface area (Å²) in [6, 6.07) is 8.15. The fourth-order valence-corrected chi connectivity index (χ4v) is 4.40. The molecule has 0 aliphatic rings. The molecule has 4 aromatic rings. The molecule has 8 heteroatoms. The van der Waals surface area contributed by atoms with E-state index >= 15 is 0 Å². The lowest BCUT2D eigenvalue weighted by Gasteiger charge is -2.03. The fraction of sp³-hybridized carbons (Fsp3) is 0.0714. The Balaban J connectivity index is 1.66. The van der Waals surface area contributed by atoms with Crippen LogP contribution in [0.1, 0.15) is 4.88 Å². The summed E-state index contributed by atoms with van der Waals surface area (Å²) in [5.74, 6) is 0.956. The third-order valence-corrected chi connectivity index (χ3v) is 5.88. The second-order valence-corrected chi connectivity index (χ2v) is 7.47. The number of aromatic nitrogens is 3. The maximum Gasteiger partial charge on any atom is 0.226 e. The van der Waals surface area contributed by atoms with E-state index in [-0.39, 0.29) is 0 Å². The molecule has 0 radical (unpaired) electrons. The van der Waals surface area contributed by atoms with Gasteiger partial charge >= 0.3 is 0 Å². The summed E-state index contributed by atoms with van der Waals surface area (Å²) in [5.41, 5.74) is 6.71. The van der Waals surface area contributed by atoms with E-state index in [1.165, 1.54) is 16.2 Å². The van der Waals surface area contributed by atoms with Crippen LogP contribution in [-0.2, 0) is 6.54 Å². The van der Waals surface area contributed by atoms with E-state index in [9.17, 15) is 0 Å². The normalized spacial score (nSPS) is 11.1. The third kappa shape index (κ3) is 2.56. The molecule has 0 aliphatic carbocycles. The summed E-state index contributed by atoms with van der Waals surface area (Å²) in [6.07, 6.45) is 0. The molecule has 0 atom stereocenters.